The van der Waals surface area contributed by atoms with E-state index in [1.165, 1.54) is 11.3 Å². The molecule has 0 N–H and O–H groups in total. The van der Waals surface area contributed by atoms with Crippen molar-refractivity contribution in [3.05, 3.63) is 27.5 Å². The minimum absolute atomic E-state index is 0.351. The lowest BCUT2D eigenvalue weighted by molar-refractivity contribution is -0.118. The Morgan fingerprint density at radius 3 is 2.75 bits per heavy atom. The molecule has 0 fully saturated rings. The first-order valence-corrected chi connectivity index (χ1v) is 6.25. The molecule has 0 saturated heterocycles. The van der Waals surface area contributed by atoms with Crippen LogP contribution in [0, 0.1) is 6.92 Å². The van der Waals surface area contributed by atoms with Gasteiger partial charge in [0.25, 0.3) is 0 Å². The van der Waals surface area contributed by atoms with Gasteiger partial charge < -0.3 is 0 Å². The lowest BCUT2D eigenvalue weighted by Gasteiger charge is -2.12. The zero-order chi connectivity index (χ0) is 11.7. The van der Waals surface area contributed by atoms with Crippen LogP contribution in [0.3, 0.4) is 0 Å². The van der Waals surface area contributed by atoms with Gasteiger partial charge in [0, 0.05) is 26.3 Å². The Labute approximate surface area is 104 Å². The van der Waals surface area contributed by atoms with Crippen LogP contribution in [-0.4, -0.2) is 15.6 Å². The minimum atomic E-state index is 0.351. The Hall–Kier alpha value is -0.900. The molecule has 1 aliphatic rings. The lowest BCUT2D eigenvalue weighted by atomic mass is 9.95. The second-order valence-electron chi connectivity index (χ2n) is 4.25. The molecule has 1 aliphatic carbocycles. The number of aryl methyl sites for hydroxylation is 2. The third-order valence-electron chi connectivity index (χ3n) is 3.00. The van der Waals surface area contributed by atoms with Crippen LogP contribution >= 0.6 is 15.9 Å². The van der Waals surface area contributed by atoms with Crippen LogP contribution in [0.4, 0.5) is 0 Å². The largest absolute Gasteiger partial charge is 0.299 e. The van der Waals surface area contributed by atoms with E-state index in [1.807, 2.05) is 18.7 Å². The van der Waals surface area contributed by atoms with E-state index in [-0.39, 0.29) is 0 Å². The normalized spacial score (nSPS) is 16.4. The summed E-state index contributed by atoms with van der Waals surface area (Å²) in [6.45, 7) is 1.99. The summed E-state index contributed by atoms with van der Waals surface area (Å²) in [6, 6.07) is 0. The topological polar surface area (TPSA) is 34.9 Å². The van der Waals surface area contributed by atoms with E-state index in [2.05, 4.69) is 27.1 Å². The average molecular weight is 283 g/mol. The zero-order valence-electron chi connectivity index (χ0n) is 9.59. The predicted molar refractivity (Wildman–Crippen MR) is 66.3 cm³/mol. The van der Waals surface area contributed by atoms with Crippen LogP contribution in [0.1, 0.15) is 30.7 Å². The summed E-state index contributed by atoms with van der Waals surface area (Å²) in [4.78, 5) is 11.1. The van der Waals surface area contributed by atoms with E-state index in [9.17, 15) is 4.79 Å². The third-order valence-corrected chi connectivity index (χ3v) is 4.03. The first kappa shape index (κ1) is 11.6. The molecule has 1 aromatic heterocycles. The number of carbonyl (C=O) groups excluding carboxylic acids is 1. The Morgan fingerprint density at radius 1 is 1.50 bits per heavy atom. The maximum Gasteiger partial charge on any atom is 0.136 e. The summed E-state index contributed by atoms with van der Waals surface area (Å²) in [5.74, 6) is 0.351. The summed E-state index contributed by atoms with van der Waals surface area (Å²) in [5, 5.41) is 4.37. The molecular weight excluding hydrogens is 268 g/mol. The molecule has 0 bridgehead atoms. The number of hydrogen-bond acceptors (Lipinski definition) is 2. The number of ketones is 1. The van der Waals surface area contributed by atoms with Gasteiger partial charge in [0.1, 0.15) is 5.78 Å². The van der Waals surface area contributed by atoms with Crippen molar-refractivity contribution in [2.75, 3.05) is 0 Å². The molecule has 3 nitrogen and oxygen atoms in total. The maximum atomic E-state index is 11.1. The Balaban J connectivity index is 2.18. The lowest BCUT2D eigenvalue weighted by Crippen LogP contribution is -2.07. The van der Waals surface area contributed by atoms with Crippen molar-refractivity contribution in [3.63, 3.8) is 0 Å². The predicted octanol–water partition coefficient (Wildman–Crippen LogP) is 2.71. The van der Waals surface area contributed by atoms with E-state index < -0.39 is 0 Å². The number of halogens is 1. The van der Waals surface area contributed by atoms with Gasteiger partial charge in [-0.25, -0.2) is 0 Å². The SMILES string of the molecule is Cc1nn(C)c(CC2=CCC(=O)CC2)c1Br. The van der Waals surface area contributed by atoms with Crippen LogP contribution in [-0.2, 0) is 18.3 Å². The first-order chi connectivity index (χ1) is 7.58. The van der Waals surface area contributed by atoms with Gasteiger partial charge in [-0.3, -0.25) is 9.48 Å². The molecule has 2 rings (SSSR count). The molecule has 0 amide bonds. The number of Topliss-reactive ketones (excluding diaryl/α,β-unsaturated/α-hetero) is 1. The highest BCUT2D eigenvalue weighted by Gasteiger charge is 2.15. The summed E-state index contributed by atoms with van der Waals surface area (Å²) >= 11 is 3.56. The molecule has 0 aliphatic heterocycles. The molecule has 0 atom stereocenters. The fourth-order valence-electron chi connectivity index (χ4n) is 2.01. The number of nitrogens with zero attached hydrogens (tertiary/aromatic N) is 2. The van der Waals surface area contributed by atoms with Crippen molar-refractivity contribution in [2.45, 2.75) is 32.6 Å². The number of hydrogen-bond donors (Lipinski definition) is 0. The molecule has 1 aromatic rings. The highest BCUT2D eigenvalue weighted by molar-refractivity contribution is 9.10. The number of allylic oxidation sites excluding steroid dienone is 2. The Kier molecular flexibility index (Phi) is 3.28. The summed E-state index contributed by atoms with van der Waals surface area (Å²) in [5.41, 5.74) is 3.56. The molecule has 0 unspecified atom stereocenters. The monoisotopic (exact) mass is 282 g/mol. The number of aromatic nitrogens is 2. The van der Waals surface area contributed by atoms with Crippen molar-refractivity contribution in [1.82, 2.24) is 9.78 Å². The average Bonchev–Trinajstić information content (AvgIpc) is 2.48. The number of carbonyl (C=O) groups is 1. The van der Waals surface area contributed by atoms with Crippen molar-refractivity contribution in [2.24, 2.45) is 7.05 Å². The highest BCUT2D eigenvalue weighted by atomic mass is 79.9. The van der Waals surface area contributed by atoms with Gasteiger partial charge in [-0.05, 0) is 29.3 Å². The van der Waals surface area contributed by atoms with Gasteiger partial charge in [-0.1, -0.05) is 11.6 Å². The Bertz CT molecular complexity index is 460. The second kappa shape index (κ2) is 4.53. The van der Waals surface area contributed by atoms with Gasteiger partial charge in [-0.2, -0.15) is 5.10 Å². The van der Waals surface area contributed by atoms with E-state index in [4.69, 9.17) is 0 Å². The smallest absolute Gasteiger partial charge is 0.136 e. The highest BCUT2D eigenvalue weighted by Crippen LogP contribution is 2.26. The van der Waals surface area contributed by atoms with Gasteiger partial charge >= 0.3 is 0 Å². The van der Waals surface area contributed by atoms with Crippen molar-refractivity contribution in [1.29, 1.82) is 0 Å². The first-order valence-electron chi connectivity index (χ1n) is 5.45. The molecule has 16 heavy (non-hydrogen) atoms. The fourth-order valence-corrected chi connectivity index (χ4v) is 2.49. The van der Waals surface area contributed by atoms with Crippen molar-refractivity contribution >= 4 is 21.7 Å². The third kappa shape index (κ3) is 2.26. The fraction of sp³-hybridized carbons (Fsp3) is 0.500. The summed E-state index contributed by atoms with van der Waals surface area (Å²) in [7, 11) is 1.96. The van der Waals surface area contributed by atoms with Crippen LogP contribution in [0.25, 0.3) is 0 Å². The van der Waals surface area contributed by atoms with Crippen molar-refractivity contribution < 1.29 is 4.79 Å². The van der Waals surface area contributed by atoms with Crippen molar-refractivity contribution in [3.8, 4) is 0 Å². The standard InChI is InChI=1S/C12H15BrN2O/c1-8-12(13)11(15(2)14-8)7-9-3-5-10(16)6-4-9/h3H,4-7H2,1-2H3. The second-order valence-corrected chi connectivity index (χ2v) is 5.04. The van der Waals surface area contributed by atoms with Gasteiger partial charge in [0.2, 0.25) is 0 Å². The minimum Gasteiger partial charge on any atom is -0.299 e. The molecule has 86 valence electrons. The quantitative estimate of drug-likeness (QED) is 0.782. The van der Waals surface area contributed by atoms with Gasteiger partial charge in [0.05, 0.1) is 15.9 Å². The van der Waals surface area contributed by atoms with E-state index in [0.717, 1.165) is 23.0 Å². The Morgan fingerprint density at radius 2 is 2.25 bits per heavy atom. The van der Waals surface area contributed by atoms with E-state index in [1.54, 1.807) is 0 Å². The van der Waals surface area contributed by atoms with Gasteiger partial charge in [0.15, 0.2) is 0 Å². The molecule has 0 radical (unpaired) electrons. The molecule has 0 saturated carbocycles. The molecule has 4 heteroatoms. The zero-order valence-corrected chi connectivity index (χ0v) is 11.2. The van der Waals surface area contributed by atoms with Crippen LogP contribution in [0.2, 0.25) is 0 Å². The van der Waals surface area contributed by atoms with E-state index in [0.29, 0.717) is 18.6 Å². The van der Waals surface area contributed by atoms with E-state index >= 15 is 0 Å². The van der Waals surface area contributed by atoms with Crippen LogP contribution in [0.15, 0.2) is 16.1 Å². The summed E-state index contributed by atoms with van der Waals surface area (Å²) in [6.07, 6.45) is 5.16. The van der Waals surface area contributed by atoms with Crippen LogP contribution in [0.5, 0.6) is 0 Å². The number of rotatable bonds is 2. The van der Waals surface area contributed by atoms with Gasteiger partial charge in [-0.15, -0.1) is 0 Å². The van der Waals surface area contributed by atoms with Crippen LogP contribution < -0.4 is 0 Å². The molecule has 1 heterocycles. The molecule has 0 spiro atoms. The molecule has 0 aromatic carbocycles. The maximum absolute atomic E-state index is 11.1. The molecular formula is C12H15BrN2O. The summed E-state index contributed by atoms with van der Waals surface area (Å²) < 4.78 is 3.00.